The number of aromatic amines is 1. The molecule has 8 nitrogen and oxygen atoms in total. The minimum Gasteiger partial charge on any atom is -0.444 e. The number of rotatable bonds is 2. The van der Waals surface area contributed by atoms with Crippen LogP contribution in [0.5, 0.6) is 0 Å². The summed E-state index contributed by atoms with van der Waals surface area (Å²) in [5.74, 6) is 0.338. The van der Waals surface area contributed by atoms with Crippen molar-refractivity contribution in [2.75, 3.05) is 0 Å². The van der Waals surface area contributed by atoms with E-state index < -0.39 is 5.60 Å². The van der Waals surface area contributed by atoms with E-state index in [-0.39, 0.29) is 12.1 Å². The van der Waals surface area contributed by atoms with Gasteiger partial charge in [0.15, 0.2) is 0 Å². The lowest BCUT2D eigenvalue weighted by atomic mass is 9.83. The van der Waals surface area contributed by atoms with Crippen molar-refractivity contribution in [3.8, 4) is 0 Å². The average molecular weight is 356 g/mol. The molecule has 8 heteroatoms. The van der Waals surface area contributed by atoms with Gasteiger partial charge in [-0.25, -0.2) is 14.3 Å². The maximum Gasteiger partial charge on any atom is 0.407 e. The standard InChI is InChI=1S/C18H24N6O2/c1-18(2,3)26-17(25)21-12-6-4-11(5-7-12)14-15-13-8-9-19-16(13)20-10-24(15)23-22-14/h8-12,19H,4-7H2,1-3H3,(H,21,25). The second kappa shape index (κ2) is 6.26. The maximum atomic E-state index is 12.0. The number of alkyl carbamates (subject to hydrolysis) is 1. The van der Waals surface area contributed by atoms with Gasteiger partial charge in [-0.1, -0.05) is 5.21 Å². The summed E-state index contributed by atoms with van der Waals surface area (Å²) < 4.78 is 7.10. The molecule has 1 fully saturated rings. The van der Waals surface area contributed by atoms with Crippen LogP contribution in [0.3, 0.4) is 0 Å². The smallest absolute Gasteiger partial charge is 0.407 e. The Morgan fingerprint density at radius 3 is 2.81 bits per heavy atom. The van der Waals surface area contributed by atoms with Crippen LogP contribution in [0.15, 0.2) is 18.6 Å². The van der Waals surface area contributed by atoms with Gasteiger partial charge in [0.1, 0.15) is 23.1 Å². The Morgan fingerprint density at radius 2 is 2.08 bits per heavy atom. The van der Waals surface area contributed by atoms with E-state index >= 15 is 0 Å². The summed E-state index contributed by atoms with van der Waals surface area (Å²) in [4.78, 5) is 19.4. The molecule has 26 heavy (non-hydrogen) atoms. The summed E-state index contributed by atoms with van der Waals surface area (Å²) >= 11 is 0. The van der Waals surface area contributed by atoms with E-state index in [0.717, 1.165) is 47.9 Å². The number of nitrogens with zero attached hydrogens (tertiary/aromatic N) is 4. The Morgan fingerprint density at radius 1 is 1.31 bits per heavy atom. The first-order valence-corrected chi connectivity index (χ1v) is 9.07. The lowest BCUT2D eigenvalue weighted by Gasteiger charge is -2.29. The number of H-pyrrole nitrogens is 1. The van der Waals surface area contributed by atoms with Gasteiger partial charge in [-0.3, -0.25) is 0 Å². The Balaban J connectivity index is 1.46. The van der Waals surface area contributed by atoms with Gasteiger partial charge in [0.2, 0.25) is 0 Å². The first-order valence-electron chi connectivity index (χ1n) is 9.07. The fraction of sp³-hybridized carbons (Fsp3) is 0.556. The van der Waals surface area contributed by atoms with Crippen molar-refractivity contribution in [2.24, 2.45) is 0 Å². The average Bonchev–Trinajstić information content (AvgIpc) is 3.19. The second-order valence-electron chi connectivity index (χ2n) is 7.95. The number of carbonyl (C=O) groups excluding carboxylic acids is 1. The molecular weight excluding hydrogens is 332 g/mol. The van der Waals surface area contributed by atoms with Crippen LogP contribution in [0, 0.1) is 0 Å². The van der Waals surface area contributed by atoms with Crippen LogP contribution in [-0.4, -0.2) is 42.5 Å². The molecule has 3 heterocycles. The highest BCUT2D eigenvalue weighted by Gasteiger charge is 2.28. The fourth-order valence-electron chi connectivity index (χ4n) is 3.68. The zero-order valence-electron chi connectivity index (χ0n) is 15.3. The van der Waals surface area contributed by atoms with E-state index in [9.17, 15) is 4.79 Å². The van der Waals surface area contributed by atoms with Crippen LogP contribution in [0.2, 0.25) is 0 Å². The van der Waals surface area contributed by atoms with E-state index in [1.54, 1.807) is 10.8 Å². The summed E-state index contributed by atoms with van der Waals surface area (Å²) in [6.07, 6.45) is 6.98. The highest BCUT2D eigenvalue weighted by molar-refractivity contribution is 5.92. The predicted molar refractivity (Wildman–Crippen MR) is 97.0 cm³/mol. The first kappa shape index (κ1) is 16.8. The predicted octanol–water partition coefficient (Wildman–Crippen LogP) is 3.16. The van der Waals surface area contributed by atoms with Crippen LogP contribution in [-0.2, 0) is 4.74 Å². The van der Waals surface area contributed by atoms with E-state index in [2.05, 4.69) is 25.6 Å². The van der Waals surface area contributed by atoms with E-state index in [4.69, 9.17) is 4.74 Å². The van der Waals surface area contributed by atoms with Gasteiger partial charge in [0.25, 0.3) is 0 Å². The van der Waals surface area contributed by atoms with Gasteiger partial charge in [-0.05, 0) is 52.5 Å². The Labute approximate surface area is 151 Å². The van der Waals surface area contributed by atoms with Gasteiger partial charge < -0.3 is 15.0 Å². The third kappa shape index (κ3) is 3.23. The van der Waals surface area contributed by atoms with Gasteiger partial charge >= 0.3 is 6.09 Å². The van der Waals surface area contributed by atoms with E-state index in [0.29, 0.717) is 5.92 Å². The molecule has 1 aliphatic carbocycles. The van der Waals surface area contributed by atoms with Gasteiger partial charge in [0.05, 0.1) is 5.69 Å². The summed E-state index contributed by atoms with van der Waals surface area (Å²) in [7, 11) is 0. The van der Waals surface area contributed by atoms with Crippen molar-refractivity contribution in [2.45, 2.75) is 64.0 Å². The first-order chi connectivity index (χ1) is 12.4. The number of fused-ring (bicyclic) bond motifs is 3. The third-order valence-electron chi connectivity index (χ3n) is 4.83. The molecule has 0 bridgehead atoms. The van der Waals surface area contributed by atoms with Crippen LogP contribution in [0.25, 0.3) is 16.6 Å². The molecule has 0 atom stereocenters. The molecule has 0 unspecified atom stereocenters. The fourth-order valence-corrected chi connectivity index (χ4v) is 3.68. The Kier molecular flexibility index (Phi) is 4.05. The Hall–Kier alpha value is -2.64. The Bertz CT molecular complexity index is 930. The van der Waals surface area contributed by atoms with Gasteiger partial charge in [-0.2, -0.15) is 0 Å². The summed E-state index contributed by atoms with van der Waals surface area (Å²) in [5, 5.41) is 12.7. The third-order valence-corrected chi connectivity index (χ3v) is 4.83. The van der Waals surface area contributed by atoms with Crippen molar-refractivity contribution in [3.05, 3.63) is 24.3 Å². The van der Waals surface area contributed by atoms with Crippen LogP contribution in [0.1, 0.15) is 58.1 Å². The zero-order valence-corrected chi connectivity index (χ0v) is 15.3. The van der Waals surface area contributed by atoms with E-state index in [1.807, 2.05) is 33.0 Å². The molecule has 4 rings (SSSR count). The van der Waals surface area contributed by atoms with Crippen molar-refractivity contribution in [1.29, 1.82) is 0 Å². The molecule has 3 aromatic heterocycles. The highest BCUT2D eigenvalue weighted by atomic mass is 16.6. The maximum absolute atomic E-state index is 12.0. The second-order valence-corrected chi connectivity index (χ2v) is 7.95. The van der Waals surface area contributed by atoms with Crippen LogP contribution in [0.4, 0.5) is 4.79 Å². The van der Waals surface area contributed by atoms with Crippen molar-refractivity contribution in [1.82, 2.24) is 30.1 Å². The molecule has 2 N–H and O–H groups in total. The largest absolute Gasteiger partial charge is 0.444 e. The molecule has 0 spiro atoms. The van der Waals surface area contributed by atoms with Crippen LogP contribution >= 0.6 is 0 Å². The molecule has 1 saturated carbocycles. The molecule has 1 amide bonds. The summed E-state index contributed by atoms with van der Waals surface area (Å²) in [5.41, 5.74) is 2.42. The van der Waals surface area contributed by atoms with Crippen LogP contribution < -0.4 is 5.32 Å². The lowest BCUT2D eigenvalue weighted by molar-refractivity contribution is 0.0491. The topological polar surface area (TPSA) is 97.2 Å². The zero-order chi connectivity index (χ0) is 18.3. The quantitative estimate of drug-likeness (QED) is 0.735. The minimum absolute atomic E-state index is 0.150. The van der Waals surface area contributed by atoms with Crippen molar-refractivity contribution in [3.63, 3.8) is 0 Å². The van der Waals surface area contributed by atoms with Gasteiger partial charge in [0, 0.05) is 23.5 Å². The molecule has 3 aromatic rings. The highest BCUT2D eigenvalue weighted by Crippen LogP contribution is 2.35. The molecule has 0 saturated heterocycles. The number of nitrogens with one attached hydrogen (secondary N) is 2. The molecule has 0 radical (unpaired) electrons. The number of amides is 1. The SMILES string of the molecule is CC(C)(C)OC(=O)NC1CCC(c2nnn3cnc4[nH]ccc4c23)CC1. The molecular formula is C18H24N6O2. The normalized spacial score (nSPS) is 21.2. The summed E-state index contributed by atoms with van der Waals surface area (Å²) in [6, 6.07) is 2.16. The summed E-state index contributed by atoms with van der Waals surface area (Å²) in [6.45, 7) is 5.62. The number of ether oxygens (including phenoxy) is 1. The van der Waals surface area contributed by atoms with Gasteiger partial charge in [-0.15, -0.1) is 5.10 Å². The number of hydrogen-bond donors (Lipinski definition) is 2. The monoisotopic (exact) mass is 356 g/mol. The van der Waals surface area contributed by atoms with Crippen molar-refractivity contribution < 1.29 is 9.53 Å². The minimum atomic E-state index is -0.474. The lowest BCUT2D eigenvalue weighted by Crippen LogP contribution is -2.40. The number of aromatic nitrogens is 5. The molecule has 138 valence electrons. The molecule has 0 aromatic carbocycles. The molecule has 0 aliphatic heterocycles. The molecule has 1 aliphatic rings. The number of carbonyl (C=O) groups is 1. The van der Waals surface area contributed by atoms with Crippen molar-refractivity contribution >= 4 is 22.6 Å². The number of hydrogen-bond acceptors (Lipinski definition) is 5. The van der Waals surface area contributed by atoms with E-state index in [1.165, 1.54) is 0 Å².